The first kappa shape index (κ1) is 12.1. The minimum atomic E-state index is -0.482. The van der Waals surface area contributed by atoms with Gasteiger partial charge in [0.15, 0.2) is 0 Å². The lowest BCUT2D eigenvalue weighted by Crippen LogP contribution is -2.17. The van der Waals surface area contributed by atoms with Gasteiger partial charge in [-0.05, 0) is 37.0 Å². The summed E-state index contributed by atoms with van der Waals surface area (Å²) in [7, 11) is 0. The molecule has 0 spiro atoms. The van der Waals surface area contributed by atoms with Crippen LogP contribution in [0.25, 0.3) is 0 Å². The van der Waals surface area contributed by atoms with E-state index in [1.54, 1.807) is 0 Å². The fourth-order valence-corrected chi connectivity index (χ4v) is 2.12. The largest absolute Gasteiger partial charge is 0.197 e. The molecule has 0 unspecified atom stereocenters. The average molecular weight is 222 g/mol. The Labute approximate surface area is 96.7 Å². The monoisotopic (exact) mass is 221 g/mol. The smallest absolute Gasteiger partial charge is 0.0769 e. The lowest BCUT2D eigenvalue weighted by molar-refractivity contribution is 0.664. The average Bonchev–Trinajstić information content (AvgIpc) is 2.16. The first-order valence-electron chi connectivity index (χ1n) is 5.10. The SMILES string of the molecule is CC(C)c1c(Cl)cccc1C(C)(C)C#N. The number of nitriles is 1. The Morgan fingerprint density at radius 2 is 1.93 bits per heavy atom. The number of rotatable bonds is 2. The fourth-order valence-electron chi connectivity index (χ4n) is 1.73. The van der Waals surface area contributed by atoms with Gasteiger partial charge >= 0.3 is 0 Å². The first-order valence-corrected chi connectivity index (χ1v) is 5.48. The summed E-state index contributed by atoms with van der Waals surface area (Å²) in [6.45, 7) is 8.03. The van der Waals surface area contributed by atoms with Gasteiger partial charge in [-0.3, -0.25) is 0 Å². The molecule has 2 heteroatoms. The highest BCUT2D eigenvalue weighted by Crippen LogP contribution is 2.34. The Morgan fingerprint density at radius 3 is 2.40 bits per heavy atom. The van der Waals surface area contributed by atoms with Crippen LogP contribution in [-0.4, -0.2) is 0 Å². The van der Waals surface area contributed by atoms with E-state index in [1.807, 2.05) is 32.0 Å². The van der Waals surface area contributed by atoms with Crippen LogP contribution in [0.5, 0.6) is 0 Å². The molecule has 0 aliphatic rings. The molecule has 0 saturated heterocycles. The molecule has 80 valence electrons. The van der Waals surface area contributed by atoms with Gasteiger partial charge in [0.1, 0.15) is 0 Å². The predicted molar refractivity (Wildman–Crippen MR) is 64.2 cm³/mol. The summed E-state index contributed by atoms with van der Waals surface area (Å²) >= 11 is 6.18. The van der Waals surface area contributed by atoms with Crippen LogP contribution in [0.2, 0.25) is 5.02 Å². The second kappa shape index (κ2) is 4.24. The molecule has 1 aromatic carbocycles. The van der Waals surface area contributed by atoms with Crippen LogP contribution in [0, 0.1) is 11.3 Å². The van der Waals surface area contributed by atoms with Gasteiger partial charge in [-0.1, -0.05) is 37.6 Å². The molecule has 0 saturated carbocycles. The zero-order chi connectivity index (χ0) is 11.6. The van der Waals surface area contributed by atoms with Gasteiger partial charge in [-0.15, -0.1) is 0 Å². The Kier molecular flexibility index (Phi) is 3.42. The molecule has 0 fully saturated rings. The van der Waals surface area contributed by atoms with Crippen LogP contribution in [0.15, 0.2) is 18.2 Å². The molecule has 0 N–H and O–H groups in total. The molecule has 0 aromatic heterocycles. The predicted octanol–water partition coefficient (Wildman–Crippen LogP) is 4.26. The molecule has 0 aliphatic heterocycles. The van der Waals surface area contributed by atoms with Crippen molar-refractivity contribution in [2.45, 2.75) is 39.0 Å². The highest BCUT2D eigenvalue weighted by atomic mass is 35.5. The molecule has 1 nitrogen and oxygen atoms in total. The molecule has 0 heterocycles. The summed E-state index contributed by atoms with van der Waals surface area (Å²) in [6, 6.07) is 8.10. The third-order valence-electron chi connectivity index (χ3n) is 2.58. The Morgan fingerprint density at radius 1 is 1.33 bits per heavy atom. The number of nitrogens with zero attached hydrogens (tertiary/aromatic N) is 1. The number of hydrogen-bond acceptors (Lipinski definition) is 1. The van der Waals surface area contributed by atoms with Crippen molar-refractivity contribution in [3.63, 3.8) is 0 Å². The van der Waals surface area contributed by atoms with E-state index >= 15 is 0 Å². The lowest BCUT2D eigenvalue weighted by Gasteiger charge is -2.23. The number of benzene rings is 1. The molecule has 15 heavy (non-hydrogen) atoms. The van der Waals surface area contributed by atoms with E-state index in [2.05, 4.69) is 19.9 Å². The van der Waals surface area contributed by atoms with Gasteiger partial charge < -0.3 is 0 Å². The molecular formula is C13H16ClN. The summed E-state index contributed by atoms with van der Waals surface area (Å²) in [5, 5.41) is 9.91. The minimum Gasteiger partial charge on any atom is -0.197 e. The zero-order valence-electron chi connectivity index (χ0n) is 9.63. The van der Waals surface area contributed by atoms with Gasteiger partial charge in [0.25, 0.3) is 0 Å². The van der Waals surface area contributed by atoms with E-state index in [1.165, 1.54) is 0 Å². The fraction of sp³-hybridized carbons (Fsp3) is 0.462. The highest BCUT2D eigenvalue weighted by Gasteiger charge is 2.25. The molecular weight excluding hydrogens is 206 g/mol. The van der Waals surface area contributed by atoms with E-state index in [4.69, 9.17) is 16.9 Å². The standard InChI is InChI=1S/C13H16ClN/c1-9(2)12-10(13(3,4)8-15)6-5-7-11(12)14/h5-7,9H,1-4H3. The van der Waals surface area contributed by atoms with Gasteiger partial charge in [0.05, 0.1) is 11.5 Å². The molecule has 0 radical (unpaired) electrons. The third kappa shape index (κ3) is 2.33. The summed E-state index contributed by atoms with van der Waals surface area (Å²) in [5.41, 5.74) is 1.64. The van der Waals surface area contributed by atoms with E-state index in [9.17, 15) is 0 Å². The van der Waals surface area contributed by atoms with E-state index in [0.29, 0.717) is 5.92 Å². The van der Waals surface area contributed by atoms with Gasteiger partial charge in [0, 0.05) is 5.02 Å². The molecule has 0 amide bonds. The zero-order valence-corrected chi connectivity index (χ0v) is 10.4. The first-order chi connectivity index (χ1) is 6.90. The quantitative estimate of drug-likeness (QED) is 0.732. The van der Waals surface area contributed by atoms with Crippen molar-refractivity contribution in [1.82, 2.24) is 0 Å². The molecule has 1 aromatic rings. The maximum atomic E-state index is 9.15. The Balaban J connectivity index is 3.44. The van der Waals surface area contributed by atoms with Crippen molar-refractivity contribution in [2.75, 3.05) is 0 Å². The normalized spacial score (nSPS) is 11.5. The Hall–Kier alpha value is -1.00. The molecule has 0 aliphatic carbocycles. The van der Waals surface area contributed by atoms with Crippen molar-refractivity contribution in [3.05, 3.63) is 34.3 Å². The lowest BCUT2D eigenvalue weighted by atomic mass is 9.80. The molecule has 1 rings (SSSR count). The van der Waals surface area contributed by atoms with Crippen LogP contribution in [0.3, 0.4) is 0 Å². The van der Waals surface area contributed by atoms with Crippen molar-refractivity contribution in [3.8, 4) is 6.07 Å². The van der Waals surface area contributed by atoms with Crippen molar-refractivity contribution < 1.29 is 0 Å². The second-order valence-corrected chi connectivity index (χ2v) is 5.00. The van der Waals surface area contributed by atoms with E-state index < -0.39 is 5.41 Å². The maximum absolute atomic E-state index is 9.15. The summed E-state index contributed by atoms with van der Waals surface area (Å²) in [4.78, 5) is 0. The van der Waals surface area contributed by atoms with E-state index in [0.717, 1.165) is 16.1 Å². The number of halogens is 1. The van der Waals surface area contributed by atoms with Crippen molar-refractivity contribution in [2.24, 2.45) is 0 Å². The third-order valence-corrected chi connectivity index (χ3v) is 2.91. The van der Waals surface area contributed by atoms with Crippen LogP contribution >= 0.6 is 11.6 Å². The van der Waals surface area contributed by atoms with Crippen LogP contribution < -0.4 is 0 Å². The van der Waals surface area contributed by atoms with Crippen LogP contribution in [-0.2, 0) is 5.41 Å². The van der Waals surface area contributed by atoms with Crippen LogP contribution in [0.4, 0.5) is 0 Å². The summed E-state index contributed by atoms with van der Waals surface area (Å²) < 4.78 is 0. The van der Waals surface area contributed by atoms with Gasteiger partial charge in [-0.25, -0.2) is 0 Å². The number of hydrogen-bond donors (Lipinski definition) is 0. The minimum absolute atomic E-state index is 0.335. The van der Waals surface area contributed by atoms with Crippen molar-refractivity contribution >= 4 is 11.6 Å². The Bertz CT molecular complexity index is 399. The highest BCUT2D eigenvalue weighted by molar-refractivity contribution is 6.31. The maximum Gasteiger partial charge on any atom is 0.0769 e. The summed E-state index contributed by atoms with van der Waals surface area (Å²) in [6.07, 6.45) is 0. The second-order valence-electron chi connectivity index (χ2n) is 4.59. The van der Waals surface area contributed by atoms with Gasteiger partial charge in [-0.2, -0.15) is 5.26 Å². The van der Waals surface area contributed by atoms with Gasteiger partial charge in [0.2, 0.25) is 0 Å². The van der Waals surface area contributed by atoms with Crippen LogP contribution in [0.1, 0.15) is 44.7 Å². The van der Waals surface area contributed by atoms with E-state index in [-0.39, 0.29) is 0 Å². The molecule has 0 bridgehead atoms. The van der Waals surface area contributed by atoms with Crippen molar-refractivity contribution in [1.29, 1.82) is 5.26 Å². The topological polar surface area (TPSA) is 23.8 Å². The molecule has 0 atom stereocenters. The summed E-state index contributed by atoms with van der Waals surface area (Å²) in [5.74, 6) is 0.335.